The third kappa shape index (κ3) is 1.75. The summed E-state index contributed by atoms with van der Waals surface area (Å²) >= 11 is 0. The molecule has 1 aromatic rings. The van der Waals surface area contributed by atoms with Crippen molar-refractivity contribution in [1.29, 1.82) is 0 Å². The fourth-order valence-electron chi connectivity index (χ4n) is 1.36. The molecule has 1 fully saturated rings. The minimum atomic E-state index is -1.000. The smallest absolute Gasteiger partial charge is 0.353 e. The summed E-state index contributed by atoms with van der Waals surface area (Å²) < 4.78 is 5.24. The summed E-state index contributed by atoms with van der Waals surface area (Å²) in [6.45, 7) is 1.96. The molecule has 0 spiro atoms. The second-order valence-electron chi connectivity index (χ2n) is 3.07. The zero-order valence-corrected chi connectivity index (χ0v) is 7.49. The van der Waals surface area contributed by atoms with E-state index in [2.05, 4.69) is 15.3 Å². The average molecular weight is 197 g/mol. The van der Waals surface area contributed by atoms with Crippen LogP contribution in [-0.2, 0) is 4.74 Å². The van der Waals surface area contributed by atoms with Crippen LogP contribution in [-0.4, -0.2) is 40.8 Å². The highest BCUT2D eigenvalue weighted by atomic mass is 16.5. The van der Waals surface area contributed by atoms with Gasteiger partial charge < -0.3 is 20.1 Å². The molecule has 0 aliphatic carbocycles. The molecule has 3 N–H and O–H groups in total. The van der Waals surface area contributed by atoms with Crippen LogP contribution in [0.4, 0.5) is 0 Å². The van der Waals surface area contributed by atoms with Gasteiger partial charge in [-0.1, -0.05) is 0 Å². The van der Waals surface area contributed by atoms with E-state index in [1.54, 1.807) is 0 Å². The summed E-state index contributed by atoms with van der Waals surface area (Å²) in [7, 11) is 0. The number of hydrogen-bond acceptors (Lipinski definition) is 4. The molecule has 0 radical (unpaired) electrons. The van der Waals surface area contributed by atoms with Crippen molar-refractivity contribution in [2.24, 2.45) is 0 Å². The lowest BCUT2D eigenvalue weighted by atomic mass is 10.2. The monoisotopic (exact) mass is 197 g/mol. The maximum absolute atomic E-state index is 10.6. The van der Waals surface area contributed by atoms with E-state index < -0.39 is 5.97 Å². The largest absolute Gasteiger partial charge is 0.477 e. The fraction of sp³-hybridized carbons (Fsp3) is 0.500. The summed E-state index contributed by atoms with van der Waals surface area (Å²) in [5, 5.41) is 11.8. The summed E-state index contributed by atoms with van der Waals surface area (Å²) in [4.78, 5) is 17.3. The van der Waals surface area contributed by atoms with Crippen LogP contribution in [0.1, 0.15) is 22.4 Å². The van der Waals surface area contributed by atoms with Crippen molar-refractivity contribution in [2.45, 2.75) is 6.04 Å². The predicted octanol–water partition coefficient (Wildman–Crippen LogP) is -0.231. The van der Waals surface area contributed by atoms with Crippen molar-refractivity contribution >= 4 is 5.97 Å². The Hall–Kier alpha value is -1.40. The highest BCUT2D eigenvalue weighted by Crippen LogP contribution is 2.11. The molecule has 76 valence electrons. The van der Waals surface area contributed by atoms with E-state index in [0.717, 1.165) is 6.54 Å². The normalized spacial score (nSPS) is 22.1. The van der Waals surface area contributed by atoms with Crippen LogP contribution in [0.15, 0.2) is 6.20 Å². The Balaban J connectivity index is 2.11. The van der Waals surface area contributed by atoms with Crippen LogP contribution in [0.25, 0.3) is 0 Å². The number of rotatable bonds is 2. The topological polar surface area (TPSA) is 87.2 Å². The number of carboxylic acids is 1. The van der Waals surface area contributed by atoms with Crippen molar-refractivity contribution in [3.63, 3.8) is 0 Å². The minimum absolute atomic E-state index is 0.0307. The van der Waals surface area contributed by atoms with Gasteiger partial charge in [-0.05, 0) is 0 Å². The average Bonchev–Trinajstić information content (AvgIpc) is 2.68. The molecule has 0 aromatic carbocycles. The van der Waals surface area contributed by atoms with Crippen LogP contribution in [0.5, 0.6) is 0 Å². The zero-order valence-electron chi connectivity index (χ0n) is 7.49. The van der Waals surface area contributed by atoms with Gasteiger partial charge in [0.1, 0.15) is 11.5 Å². The van der Waals surface area contributed by atoms with Gasteiger partial charge in [0, 0.05) is 6.54 Å². The summed E-state index contributed by atoms with van der Waals surface area (Å²) in [6, 6.07) is -0.0307. The molecule has 2 rings (SSSR count). The van der Waals surface area contributed by atoms with Crippen LogP contribution in [0.2, 0.25) is 0 Å². The molecule has 1 atom stereocenters. The van der Waals surface area contributed by atoms with Gasteiger partial charge in [0.15, 0.2) is 0 Å². The first-order valence-electron chi connectivity index (χ1n) is 4.36. The molecule has 0 saturated carbocycles. The lowest BCUT2D eigenvalue weighted by molar-refractivity contribution is 0.0685. The second-order valence-corrected chi connectivity index (χ2v) is 3.07. The maximum Gasteiger partial charge on any atom is 0.353 e. The van der Waals surface area contributed by atoms with Gasteiger partial charge >= 0.3 is 5.97 Å². The number of hydrogen-bond donors (Lipinski definition) is 3. The number of imidazole rings is 1. The Labute approximate surface area is 80.3 Å². The van der Waals surface area contributed by atoms with Gasteiger partial charge in [-0.25, -0.2) is 9.78 Å². The van der Waals surface area contributed by atoms with Gasteiger partial charge in [0.2, 0.25) is 0 Å². The molecule has 14 heavy (non-hydrogen) atoms. The minimum Gasteiger partial charge on any atom is -0.477 e. The van der Waals surface area contributed by atoms with Crippen molar-refractivity contribution in [2.75, 3.05) is 19.8 Å². The van der Waals surface area contributed by atoms with E-state index in [0.29, 0.717) is 19.0 Å². The lowest BCUT2D eigenvalue weighted by Crippen LogP contribution is -2.35. The molecule has 1 aromatic heterocycles. The quantitative estimate of drug-likeness (QED) is 0.609. The number of aromatic nitrogens is 2. The zero-order chi connectivity index (χ0) is 9.97. The van der Waals surface area contributed by atoms with E-state index in [9.17, 15) is 4.79 Å². The molecule has 0 amide bonds. The summed E-state index contributed by atoms with van der Waals surface area (Å²) in [6.07, 6.45) is 1.31. The number of carbonyl (C=O) groups is 1. The van der Waals surface area contributed by atoms with E-state index in [1.807, 2.05) is 0 Å². The third-order valence-electron chi connectivity index (χ3n) is 2.08. The molecule has 6 heteroatoms. The number of morpholine rings is 1. The number of aromatic amines is 1. The van der Waals surface area contributed by atoms with Crippen molar-refractivity contribution in [3.05, 3.63) is 17.7 Å². The highest BCUT2D eigenvalue weighted by molar-refractivity contribution is 5.85. The van der Waals surface area contributed by atoms with E-state index in [4.69, 9.17) is 9.84 Å². The molecule has 2 heterocycles. The van der Waals surface area contributed by atoms with Gasteiger partial charge in [-0.15, -0.1) is 0 Å². The van der Waals surface area contributed by atoms with Crippen LogP contribution >= 0.6 is 0 Å². The van der Waals surface area contributed by atoms with Gasteiger partial charge in [0.05, 0.1) is 25.5 Å². The number of carboxylic acid groups (broad SMARTS) is 1. The Morgan fingerprint density at radius 3 is 3.14 bits per heavy atom. The first-order valence-corrected chi connectivity index (χ1v) is 4.36. The first-order chi connectivity index (χ1) is 6.77. The van der Waals surface area contributed by atoms with Gasteiger partial charge in [0.25, 0.3) is 0 Å². The number of aromatic carboxylic acids is 1. The summed E-state index contributed by atoms with van der Waals surface area (Å²) in [5.41, 5.74) is 0.104. The molecular weight excluding hydrogens is 186 g/mol. The molecule has 1 aliphatic heterocycles. The molecular formula is C8H11N3O3. The van der Waals surface area contributed by atoms with Crippen molar-refractivity contribution < 1.29 is 14.6 Å². The SMILES string of the molecule is O=C(O)c1cnc(C2COCCN2)[nH]1. The van der Waals surface area contributed by atoms with E-state index in [1.165, 1.54) is 6.20 Å². The second kappa shape index (κ2) is 3.77. The fourth-order valence-corrected chi connectivity index (χ4v) is 1.36. The van der Waals surface area contributed by atoms with Crippen LogP contribution in [0.3, 0.4) is 0 Å². The molecule has 0 bridgehead atoms. The van der Waals surface area contributed by atoms with E-state index >= 15 is 0 Å². The summed E-state index contributed by atoms with van der Waals surface area (Å²) in [5.74, 6) is -0.387. The lowest BCUT2D eigenvalue weighted by Gasteiger charge is -2.21. The van der Waals surface area contributed by atoms with Crippen LogP contribution < -0.4 is 5.32 Å². The van der Waals surface area contributed by atoms with E-state index in [-0.39, 0.29) is 11.7 Å². The molecule has 1 unspecified atom stereocenters. The molecule has 6 nitrogen and oxygen atoms in total. The highest BCUT2D eigenvalue weighted by Gasteiger charge is 2.19. The maximum atomic E-state index is 10.6. The number of ether oxygens (including phenoxy) is 1. The van der Waals surface area contributed by atoms with Crippen molar-refractivity contribution in [3.8, 4) is 0 Å². The van der Waals surface area contributed by atoms with Gasteiger partial charge in [-0.3, -0.25) is 0 Å². The predicted molar refractivity (Wildman–Crippen MR) is 47.1 cm³/mol. The Morgan fingerprint density at radius 2 is 2.57 bits per heavy atom. The number of nitrogens with one attached hydrogen (secondary N) is 2. The van der Waals surface area contributed by atoms with Gasteiger partial charge in [-0.2, -0.15) is 0 Å². The van der Waals surface area contributed by atoms with Crippen molar-refractivity contribution in [1.82, 2.24) is 15.3 Å². The Bertz CT molecular complexity index is 330. The third-order valence-corrected chi connectivity index (χ3v) is 2.08. The number of nitrogens with zero attached hydrogens (tertiary/aromatic N) is 1. The molecule has 1 saturated heterocycles. The van der Waals surface area contributed by atoms with Crippen LogP contribution in [0, 0.1) is 0 Å². The first kappa shape index (κ1) is 9.17. The Morgan fingerprint density at radius 1 is 1.71 bits per heavy atom. The standard InChI is InChI=1S/C8H11N3O3/c12-8(13)5-3-10-7(11-5)6-4-14-2-1-9-6/h3,6,9H,1-2,4H2,(H,10,11)(H,12,13). The molecule has 1 aliphatic rings. The number of H-pyrrole nitrogens is 1. The Kier molecular flexibility index (Phi) is 2.47.